The molecule has 2 rings (SSSR count). The number of aromatic nitrogens is 2. The average Bonchev–Trinajstić information content (AvgIpc) is 2.43. The van der Waals surface area contributed by atoms with Crippen molar-refractivity contribution >= 4 is 5.97 Å². The number of carboxylic acids is 1. The molecule has 6 nitrogen and oxygen atoms in total. The van der Waals surface area contributed by atoms with E-state index in [-0.39, 0.29) is 11.1 Å². The second-order valence-corrected chi connectivity index (χ2v) is 4.77. The minimum Gasteiger partial charge on any atom is -0.545 e. The van der Waals surface area contributed by atoms with Crippen molar-refractivity contribution in [3.63, 3.8) is 0 Å². The van der Waals surface area contributed by atoms with E-state index >= 15 is 0 Å². The molecule has 0 saturated carbocycles. The van der Waals surface area contributed by atoms with Gasteiger partial charge in [-0.05, 0) is 24.1 Å². The summed E-state index contributed by atoms with van der Waals surface area (Å²) in [5.41, 5.74) is -3.83. The summed E-state index contributed by atoms with van der Waals surface area (Å²) < 4.78 is 39.1. The summed E-state index contributed by atoms with van der Waals surface area (Å²) in [7, 11) is 0. The quantitative estimate of drug-likeness (QED) is 0.876. The number of halogens is 3. The van der Waals surface area contributed by atoms with Crippen LogP contribution in [0.4, 0.5) is 13.2 Å². The standard InChI is InChI=1S/C14H11F3N2O4/c1-7-8(3-2-4-10(7)14(15,16)17)6-19-11(20)9(12(21)22)5-18-13(19)23/h2-5H,6H2,1H3,(H,18,23)(H,21,22)/p-1. The summed E-state index contributed by atoms with van der Waals surface area (Å²) in [5, 5.41) is 10.8. The van der Waals surface area contributed by atoms with Gasteiger partial charge in [0.05, 0.1) is 23.6 Å². The highest BCUT2D eigenvalue weighted by Crippen LogP contribution is 2.32. The maximum atomic E-state index is 12.9. The summed E-state index contributed by atoms with van der Waals surface area (Å²) in [6, 6.07) is 3.35. The Morgan fingerprint density at radius 1 is 1.30 bits per heavy atom. The van der Waals surface area contributed by atoms with E-state index < -0.39 is 41.1 Å². The van der Waals surface area contributed by atoms with E-state index in [0.717, 1.165) is 12.1 Å². The second-order valence-electron chi connectivity index (χ2n) is 4.77. The predicted octanol–water partition coefficient (Wildman–Crippen LogP) is 0.276. The Morgan fingerprint density at radius 3 is 2.52 bits per heavy atom. The van der Waals surface area contributed by atoms with Gasteiger partial charge >= 0.3 is 11.9 Å². The molecule has 0 atom stereocenters. The molecule has 0 aliphatic heterocycles. The van der Waals surface area contributed by atoms with Crippen molar-refractivity contribution in [1.29, 1.82) is 0 Å². The molecular formula is C14H10F3N2O4-. The lowest BCUT2D eigenvalue weighted by Crippen LogP contribution is -2.41. The molecule has 122 valence electrons. The number of alkyl halides is 3. The number of carbonyl (C=O) groups excluding carboxylic acids is 1. The van der Waals surface area contributed by atoms with Gasteiger partial charge in [-0.2, -0.15) is 13.2 Å². The predicted molar refractivity (Wildman–Crippen MR) is 70.9 cm³/mol. The summed E-state index contributed by atoms with van der Waals surface area (Å²) in [5.74, 6) is -1.79. The lowest BCUT2D eigenvalue weighted by Gasteiger charge is -2.14. The first-order chi connectivity index (χ1) is 10.6. The number of aromatic carboxylic acids is 1. The fourth-order valence-electron chi connectivity index (χ4n) is 2.13. The molecule has 2 aromatic rings. The Labute approximate surface area is 126 Å². The summed E-state index contributed by atoms with van der Waals surface area (Å²) in [6.45, 7) is 0.713. The van der Waals surface area contributed by atoms with Gasteiger partial charge in [0.2, 0.25) is 0 Å². The van der Waals surface area contributed by atoms with Crippen molar-refractivity contribution in [2.75, 3.05) is 0 Å². The Balaban J connectivity index is 2.58. The Kier molecular flexibility index (Phi) is 4.13. The molecule has 0 saturated heterocycles. The third-order valence-corrected chi connectivity index (χ3v) is 3.36. The Bertz CT molecular complexity index is 881. The van der Waals surface area contributed by atoms with Gasteiger partial charge in [-0.25, -0.2) is 4.79 Å². The normalized spacial score (nSPS) is 11.5. The topological polar surface area (TPSA) is 95.0 Å². The van der Waals surface area contributed by atoms with Gasteiger partial charge < -0.3 is 14.9 Å². The number of hydrogen-bond acceptors (Lipinski definition) is 4. The van der Waals surface area contributed by atoms with Crippen LogP contribution in [-0.4, -0.2) is 15.5 Å². The molecule has 0 aliphatic carbocycles. The zero-order valence-electron chi connectivity index (χ0n) is 11.7. The van der Waals surface area contributed by atoms with Crippen LogP contribution in [0.3, 0.4) is 0 Å². The van der Waals surface area contributed by atoms with Gasteiger partial charge in [-0.15, -0.1) is 0 Å². The van der Waals surface area contributed by atoms with Crippen LogP contribution in [0.25, 0.3) is 0 Å². The fourth-order valence-corrected chi connectivity index (χ4v) is 2.13. The monoisotopic (exact) mass is 327 g/mol. The van der Waals surface area contributed by atoms with Crippen LogP contribution in [0.1, 0.15) is 27.0 Å². The van der Waals surface area contributed by atoms with Crippen LogP contribution in [0.2, 0.25) is 0 Å². The van der Waals surface area contributed by atoms with E-state index in [1.54, 1.807) is 0 Å². The maximum absolute atomic E-state index is 12.9. The molecule has 0 unspecified atom stereocenters. The molecule has 1 aromatic carbocycles. The minimum absolute atomic E-state index is 0.0722. The van der Waals surface area contributed by atoms with Crippen LogP contribution in [0.15, 0.2) is 34.0 Å². The maximum Gasteiger partial charge on any atom is 0.416 e. The second kappa shape index (κ2) is 5.75. The summed E-state index contributed by atoms with van der Waals surface area (Å²) >= 11 is 0. The van der Waals surface area contributed by atoms with Crippen molar-refractivity contribution in [3.8, 4) is 0 Å². The average molecular weight is 327 g/mol. The molecular weight excluding hydrogens is 317 g/mol. The fraction of sp³-hybridized carbons (Fsp3) is 0.214. The van der Waals surface area contributed by atoms with Crippen LogP contribution in [0.5, 0.6) is 0 Å². The van der Waals surface area contributed by atoms with Crippen molar-refractivity contribution in [2.45, 2.75) is 19.6 Å². The zero-order chi connectivity index (χ0) is 17.4. The lowest BCUT2D eigenvalue weighted by atomic mass is 10.0. The molecule has 1 heterocycles. The Hall–Kier alpha value is -2.84. The number of carboxylic acid groups (broad SMARTS) is 1. The zero-order valence-corrected chi connectivity index (χ0v) is 11.7. The minimum atomic E-state index is -4.58. The molecule has 9 heteroatoms. The summed E-state index contributed by atoms with van der Waals surface area (Å²) in [6.07, 6.45) is -3.89. The summed E-state index contributed by atoms with van der Waals surface area (Å²) in [4.78, 5) is 36.4. The number of aromatic amines is 1. The number of carbonyl (C=O) groups is 1. The van der Waals surface area contributed by atoms with E-state index in [1.807, 2.05) is 4.98 Å². The first kappa shape index (κ1) is 16.5. The largest absolute Gasteiger partial charge is 0.545 e. The van der Waals surface area contributed by atoms with E-state index in [4.69, 9.17) is 0 Å². The van der Waals surface area contributed by atoms with Crippen LogP contribution in [-0.2, 0) is 12.7 Å². The van der Waals surface area contributed by atoms with Crippen LogP contribution < -0.4 is 16.4 Å². The van der Waals surface area contributed by atoms with Crippen LogP contribution >= 0.6 is 0 Å². The van der Waals surface area contributed by atoms with Gasteiger partial charge in [0.15, 0.2) is 0 Å². The van der Waals surface area contributed by atoms with Crippen molar-refractivity contribution in [1.82, 2.24) is 9.55 Å². The third kappa shape index (κ3) is 3.17. The highest BCUT2D eigenvalue weighted by Gasteiger charge is 2.32. The van der Waals surface area contributed by atoms with Gasteiger partial charge in [-0.3, -0.25) is 9.36 Å². The van der Waals surface area contributed by atoms with E-state index in [2.05, 4.69) is 0 Å². The van der Waals surface area contributed by atoms with Gasteiger partial charge in [-0.1, -0.05) is 12.1 Å². The molecule has 23 heavy (non-hydrogen) atoms. The number of nitrogens with zero attached hydrogens (tertiary/aromatic N) is 1. The molecule has 1 aromatic heterocycles. The molecule has 0 fully saturated rings. The number of rotatable bonds is 3. The first-order valence-corrected chi connectivity index (χ1v) is 6.32. The van der Waals surface area contributed by atoms with Gasteiger partial charge in [0.25, 0.3) is 5.56 Å². The number of H-pyrrole nitrogens is 1. The smallest absolute Gasteiger partial charge is 0.416 e. The third-order valence-electron chi connectivity index (χ3n) is 3.36. The molecule has 0 bridgehead atoms. The molecule has 0 radical (unpaired) electrons. The number of nitrogens with one attached hydrogen (secondary N) is 1. The molecule has 0 aliphatic rings. The van der Waals surface area contributed by atoms with E-state index in [9.17, 15) is 32.7 Å². The Morgan fingerprint density at radius 2 is 1.96 bits per heavy atom. The SMILES string of the molecule is Cc1c(Cn2c(=O)[nH]cc(C(=O)[O-])c2=O)cccc1C(F)(F)F. The van der Waals surface area contributed by atoms with Gasteiger partial charge in [0, 0.05) is 6.20 Å². The van der Waals surface area contributed by atoms with Crippen molar-refractivity contribution < 1.29 is 23.1 Å². The van der Waals surface area contributed by atoms with Crippen molar-refractivity contribution in [3.05, 3.63) is 67.5 Å². The molecule has 0 amide bonds. The number of benzene rings is 1. The number of hydrogen-bond donors (Lipinski definition) is 1. The highest BCUT2D eigenvalue weighted by molar-refractivity contribution is 5.84. The van der Waals surface area contributed by atoms with Crippen molar-refractivity contribution in [2.24, 2.45) is 0 Å². The molecule has 0 spiro atoms. The lowest BCUT2D eigenvalue weighted by molar-refractivity contribution is -0.255. The van der Waals surface area contributed by atoms with Gasteiger partial charge in [0.1, 0.15) is 0 Å². The first-order valence-electron chi connectivity index (χ1n) is 6.32. The van der Waals surface area contributed by atoms with E-state index in [1.165, 1.54) is 13.0 Å². The molecule has 1 N–H and O–H groups in total. The highest BCUT2D eigenvalue weighted by atomic mass is 19.4. The van der Waals surface area contributed by atoms with E-state index in [0.29, 0.717) is 10.8 Å². The van der Waals surface area contributed by atoms with Crippen LogP contribution in [0, 0.1) is 6.92 Å².